The Hall–Kier alpha value is -2.68. The van der Waals surface area contributed by atoms with E-state index in [0.717, 1.165) is 22.4 Å². The number of sulfone groups is 1. The molecule has 37 heavy (non-hydrogen) atoms. The summed E-state index contributed by atoms with van der Waals surface area (Å²) in [6.45, 7) is 4.58. The van der Waals surface area contributed by atoms with Gasteiger partial charge in [-0.3, -0.25) is 0 Å². The van der Waals surface area contributed by atoms with Gasteiger partial charge in [0.15, 0.2) is 9.84 Å². The van der Waals surface area contributed by atoms with Crippen molar-refractivity contribution in [3.8, 4) is 16.8 Å². The summed E-state index contributed by atoms with van der Waals surface area (Å²) in [7, 11) is -3.49. The van der Waals surface area contributed by atoms with Gasteiger partial charge in [0.25, 0.3) is 0 Å². The molecule has 3 aromatic carbocycles. The Balaban J connectivity index is 1.76. The van der Waals surface area contributed by atoms with E-state index in [1.807, 2.05) is 28.8 Å². The molecule has 0 radical (unpaired) electrons. The zero-order valence-electron chi connectivity index (χ0n) is 20.7. The summed E-state index contributed by atoms with van der Waals surface area (Å²) in [5.41, 5.74) is 2.82. The number of nitrogens with zero attached hydrogens (tertiary/aromatic N) is 2. The van der Waals surface area contributed by atoms with Gasteiger partial charge in [0.1, 0.15) is 11.4 Å². The van der Waals surface area contributed by atoms with Crippen LogP contribution in [0.1, 0.15) is 43.4 Å². The van der Waals surface area contributed by atoms with Crippen LogP contribution in [0.25, 0.3) is 16.8 Å². The summed E-state index contributed by atoms with van der Waals surface area (Å²) in [5, 5.41) is 21.3. The number of benzene rings is 3. The molecule has 2 N–H and O–H groups in total. The molecule has 4 rings (SSSR count). The van der Waals surface area contributed by atoms with Crippen LogP contribution >= 0.6 is 23.2 Å². The lowest BCUT2D eigenvalue weighted by Gasteiger charge is -2.13. The molecule has 6 nitrogen and oxygen atoms in total. The second kappa shape index (κ2) is 10.6. The molecule has 194 valence electrons. The van der Waals surface area contributed by atoms with Crippen LogP contribution in [0.15, 0.2) is 71.8 Å². The second-order valence-corrected chi connectivity index (χ2v) is 12.3. The summed E-state index contributed by atoms with van der Waals surface area (Å²) >= 11 is 12.8. The minimum Gasteiger partial charge on any atom is -0.392 e. The minimum absolute atomic E-state index is 0.0508. The number of halogens is 2. The Morgan fingerprint density at radius 1 is 0.973 bits per heavy atom. The number of aliphatic hydroxyl groups is 2. The first-order chi connectivity index (χ1) is 17.4. The van der Waals surface area contributed by atoms with E-state index in [0.29, 0.717) is 33.5 Å². The molecule has 0 aliphatic rings. The van der Waals surface area contributed by atoms with E-state index in [2.05, 4.69) is 4.98 Å². The van der Waals surface area contributed by atoms with E-state index >= 15 is 0 Å². The summed E-state index contributed by atoms with van der Waals surface area (Å²) in [6, 6.07) is 18.0. The molecule has 0 spiro atoms. The monoisotopic (exact) mass is 558 g/mol. The van der Waals surface area contributed by atoms with Gasteiger partial charge < -0.3 is 14.8 Å². The zero-order chi connectivity index (χ0) is 27.0. The molecule has 0 saturated heterocycles. The van der Waals surface area contributed by atoms with Crippen molar-refractivity contribution in [2.24, 2.45) is 0 Å². The minimum atomic E-state index is -3.49. The van der Waals surface area contributed by atoms with Crippen molar-refractivity contribution in [1.82, 2.24) is 9.55 Å². The molecule has 0 saturated carbocycles. The van der Waals surface area contributed by atoms with E-state index in [1.54, 1.807) is 63.4 Å². The lowest BCUT2D eigenvalue weighted by molar-refractivity contribution is 0.0741. The van der Waals surface area contributed by atoms with Gasteiger partial charge in [0.2, 0.25) is 0 Å². The second-order valence-electron chi connectivity index (χ2n) is 9.28. The summed E-state index contributed by atoms with van der Waals surface area (Å²) in [4.78, 5) is 4.83. The summed E-state index contributed by atoms with van der Waals surface area (Å²) in [6.07, 6.45) is 2.15. The van der Waals surface area contributed by atoms with Crippen molar-refractivity contribution >= 4 is 33.0 Å². The first-order valence-electron chi connectivity index (χ1n) is 11.8. The van der Waals surface area contributed by atoms with Gasteiger partial charge in [0.05, 0.1) is 22.9 Å². The number of hydrogen-bond acceptors (Lipinski definition) is 5. The maximum absolute atomic E-state index is 12.6. The molecular formula is C28H28Cl2N2O4S. The smallest absolute Gasteiger partial charge is 0.178 e. The van der Waals surface area contributed by atoms with Crippen LogP contribution in [0.4, 0.5) is 0 Å². The predicted octanol–water partition coefficient (Wildman–Crippen LogP) is 5.95. The van der Waals surface area contributed by atoms with E-state index in [4.69, 9.17) is 23.2 Å². The van der Waals surface area contributed by atoms with Crippen molar-refractivity contribution in [3.05, 3.63) is 99.6 Å². The average Bonchev–Trinajstić information content (AvgIpc) is 3.30. The Morgan fingerprint density at radius 3 is 2.16 bits per heavy atom. The van der Waals surface area contributed by atoms with Crippen molar-refractivity contribution in [3.63, 3.8) is 0 Å². The number of rotatable bonds is 8. The van der Waals surface area contributed by atoms with Crippen LogP contribution in [-0.4, -0.2) is 33.9 Å². The van der Waals surface area contributed by atoms with Crippen LogP contribution in [0.5, 0.6) is 0 Å². The fourth-order valence-corrected chi connectivity index (χ4v) is 5.73. The number of aromatic nitrogens is 2. The Bertz CT molecular complexity index is 1520. The molecule has 0 fully saturated rings. The molecule has 0 unspecified atom stereocenters. The number of hydrogen-bond donors (Lipinski definition) is 2. The third kappa shape index (κ3) is 5.76. The Morgan fingerprint density at radius 2 is 1.59 bits per heavy atom. The zero-order valence-corrected chi connectivity index (χ0v) is 23.1. The molecule has 0 aliphatic carbocycles. The topological polar surface area (TPSA) is 92.4 Å². The van der Waals surface area contributed by atoms with Crippen LogP contribution in [-0.2, 0) is 28.5 Å². The highest BCUT2D eigenvalue weighted by Crippen LogP contribution is 2.31. The van der Waals surface area contributed by atoms with E-state index in [9.17, 15) is 18.6 Å². The molecule has 1 heterocycles. The molecule has 4 aromatic rings. The first kappa shape index (κ1) is 27.4. The quantitative estimate of drug-likeness (QED) is 0.278. The van der Waals surface area contributed by atoms with Crippen molar-refractivity contribution in [2.45, 2.75) is 44.3 Å². The van der Waals surface area contributed by atoms with Gasteiger partial charge in [-0.15, -0.1) is 0 Å². The van der Waals surface area contributed by atoms with Crippen LogP contribution in [0, 0.1) is 0 Å². The Labute approximate surface area is 227 Å². The van der Waals surface area contributed by atoms with Crippen molar-refractivity contribution < 1.29 is 18.6 Å². The fraction of sp³-hybridized carbons (Fsp3) is 0.250. The van der Waals surface area contributed by atoms with Crippen molar-refractivity contribution in [1.29, 1.82) is 0 Å². The highest BCUT2D eigenvalue weighted by atomic mass is 35.5. The van der Waals surface area contributed by atoms with Gasteiger partial charge in [-0.2, -0.15) is 0 Å². The van der Waals surface area contributed by atoms with Crippen LogP contribution in [0.2, 0.25) is 10.0 Å². The SMILES string of the molecule is CCS(=O)(=O)c1cc(-c2ccc(-n3cc(C(C)(C)O)nc3Cc3c(Cl)cccc3Cl)cc2)ccc1CO. The van der Waals surface area contributed by atoms with Gasteiger partial charge >= 0.3 is 0 Å². The molecule has 9 heteroatoms. The van der Waals surface area contributed by atoms with E-state index in [1.165, 1.54) is 0 Å². The highest BCUT2D eigenvalue weighted by molar-refractivity contribution is 7.91. The maximum Gasteiger partial charge on any atom is 0.178 e. The van der Waals surface area contributed by atoms with E-state index < -0.39 is 15.4 Å². The fourth-order valence-electron chi connectivity index (χ4n) is 4.05. The lowest BCUT2D eigenvalue weighted by atomic mass is 10.0. The molecular weight excluding hydrogens is 531 g/mol. The first-order valence-corrected chi connectivity index (χ1v) is 14.2. The van der Waals surface area contributed by atoms with Gasteiger partial charge in [-0.25, -0.2) is 13.4 Å². The Kier molecular flexibility index (Phi) is 7.83. The van der Waals surface area contributed by atoms with Gasteiger partial charge in [-0.05, 0) is 66.4 Å². The normalized spacial score (nSPS) is 12.2. The number of aliphatic hydroxyl groups excluding tert-OH is 1. The van der Waals surface area contributed by atoms with Gasteiger partial charge in [0, 0.05) is 28.4 Å². The average molecular weight is 560 g/mol. The van der Waals surface area contributed by atoms with Crippen LogP contribution in [0.3, 0.4) is 0 Å². The molecule has 0 aliphatic heterocycles. The molecule has 0 bridgehead atoms. The summed E-state index contributed by atoms with van der Waals surface area (Å²) < 4.78 is 27.0. The van der Waals surface area contributed by atoms with Gasteiger partial charge in [-0.1, -0.05) is 60.5 Å². The van der Waals surface area contributed by atoms with Crippen molar-refractivity contribution in [2.75, 3.05) is 5.75 Å². The standard InChI is InChI=1S/C28H28Cl2N2O4S/c1-4-37(35,36)25-14-19(8-9-20(25)17-33)18-10-12-21(13-11-18)32-16-26(28(2,3)34)31-27(32)15-22-23(29)6-5-7-24(22)30/h5-14,16,33-34H,4,15,17H2,1-3H3. The molecule has 0 atom stereocenters. The third-order valence-corrected chi connectivity index (χ3v) is 8.75. The third-order valence-electron chi connectivity index (χ3n) is 6.23. The lowest BCUT2D eigenvalue weighted by Crippen LogP contribution is -2.15. The maximum atomic E-state index is 12.6. The summed E-state index contributed by atoms with van der Waals surface area (Å²) in [5.74, 6) is 0.605. The number of imidazole rings is 1. The molecule has 0 amide bonds. The highest BCUT2D eigenvalue weighted by Gasteiger charge is 2.23. The predicted molar refractivity (Wildman–Crippen MR) is 147 cm³/mol. The largest absolute Gasteiger partial charge is 0.392 e. The van der Waals surface area contributed by atoms with E-state index in [-0.39, 0.29) is 17.3 Å². The van der Waals surface area contributed by atoms with Crippen LogP contribution < -0.4 is 0 Å². The molecule has 1 aromatic heterocycles.